The van der Waals surface area contributed by atoms with Gasteiger partial charge in [-0.3, -0.25) is 4.79 Å². The Morgan fingerprint density at radius 1 is 1.53 bits per heavy atom. The molecule has 2 atom stereocenters. The number of hydrogen-bond acceptors (Lipinski definition) is 4. The zero-order valence-electron chi connectivity index (χ0n) is 8.14. The van der Waals surface area contributed by atoms with Crippen LogP contribution in [0.15, 0.2) is 6.07 Å². The van der Waals surface area contributed by atoms with Gasteiger partial charge >= 0.3 is 5.97 Å². The fourth-order valence-electron chi connectivity index (χ4n) is 1.81. The summed E-state index contributed by atoms with van der Waals surface area (Å²) in [5, 5.41) is 18.4. The number of hydrogen-bond donors (Lipinski definition) is 3. The monoisotopic (exact) mass is 227 g/mol. The predicted molar refractivity (Wildman–Crippen MR) is 56.9 cm³/mol. The molecule has 0 aromatic carbocycles. The summed E-state index contributed by atoms with van der Waals surface area (Å²) in [6.45, 7) is 0. The Labute approximate surface area is 91.3 Å². The van der Waals surface area contributed by atoms with Gasteiger partial charge < -0.3 is 15.9 Å². The highest BCUT2D eigenvalue weighted by Crippen LogP contribution is 2.34. The normalized spacial score (nSPS) is 18.5. The van der Waals surface area contributed by atoms with Crippen molar-refractivity contribution in [2.45, 2.75) is 31.4 Å². The van der Waals surface area contributed by atoms with Crippen molar-refractivity contribution in [1.29, 1.82) is 0 Å². The van der Waals surface area contributed by atoms with Gasteiger partial charge in [-0.25, -0.2) is 0 Å². The average Bonchev–Trinajstić information content (AvgIpc) is 2.74. The Morgan fingerprint density at radius 2 is 2.27 bits per heavy atom. The smallest absolute Gasteiger partial charge is 0.323 e. The second-order valence-corrected chi connectivity index (χ2v) is 4.93. The molecule has 0 aliphatic heterocycles. The highest BCUT2D eigenvalue weighted by molar-refractivity contribution is 7.12. The molecule has 82 valence electrons. The molecule has 0 radical (unpaired) electrons. The minimum Gasteiger partial charge on any atom is -0.480 e. The molecule has 0 fully saturated rings. The molecule has 4 N–H and O–H groups in total. The molecule has 0 bridgehead atoms. The Morgan fingerprint density at radius 3 is 2.87 bits per heavy atom. The maximum Gasteiger partial charge on any atom is 0.323 e. The maximum atomic E-state index is 10.6. The van der Waals surface area contributed by atoms with E-state index in [9.17, 15) is 9.90 Å². The molecule has 1 aromatic heterocycles. The number of thiophene rings is 1. The van der Waals surface area contributed by atoms with Crippen LogP contribution in [0, 0.1) is 0 Å². The number of carboxylic acid groups (broad SMARTS) is 1. The molecule has 0 saturated heterocycles. The second kappa shape index (κ2) is 3.92. The summed E-state index contributed by atoms with van der Waals surface area (Å²) in [7, 11) is 0. The van der Waals surface area contributed by atoms with E-state index in [2.05, 4.69) is 0 Å². The quantitative estimate of drug-likeness (QED) is 0.709. The number of aliphatic carboxylic acids is 1. The average molecular weight is 227 g/mol. The van der Waals surface area contributed by atoms with Gasteiger partial charge in [-0.1, -0.05) is 0 Å². The third kappa shape index (κ3) is 1.90. The van der Waals surface area contributed by atoms with Crippen molar-refractivity contribution in [1.82, 2.24) is 0 Å². The first-order chi connectivity index (χ1) is 7.09. The van der Waals surface area contributed by atoms with Crippen LogP contribution >= 0.6 is 11.3 Å². The van der Waals surface area contributed by atoms with Crippen LogP contribution in [0.4, 0.5) is 0 Å². The van der Waals surface area contributed by atoms with Crippen molar-refractivity contribution in [3.8, 4) is 0 Å². The van der Waals surface area contributed by atoms with Crippen LogP contribution in [0.1, 0.15) is 27.8 Å². The predicted octanol–water partition coefficient (Wildman–Crippen LogP) is 0.682. The molecule has 2 rings (SSSR count). The minimum atomic E-state index is -1.23. The van der Waals surface area contributed by atoms with E-state index in [0.717, 1.165) is 19.3 Å². The van der Waals surface area contributed by atoms with E-state index in [0.29, 0.717) is 4.88 Å². The summed E-state index contributed by atoms with van der Waals surface area (Å²) >= 11 is 1.48. The standard InChI is InChI=1S/C10H13NO3S/c11-8(10(13)14)9(12)7-4-5-2-1-3-6(5)15-7/h4,8-9,12H,1-3,11H2,(H,13,14). The van der Waals surface area contributed by atoms with Crippen LogP contribution < -0.4 is 5.73 Å². The molecule has 0 amide bonds. The fourth-order valence-corrected chi connectivity index (χ4v) is 3.10. The largest absolute Gasteiger partial charge is 0.480 e. The number of aryl methyl sites for hydroxylation is 2. The lowest BCUT2D eigenvalue weighted by Gasteiger charge is -2.12. The Balaban J connectivity index is 2.19. The fraction of sp³-hybridized carbons (Fsp3) is 0.500. The summed E-state index contributed by atoms with van der Waals surface area (Å²) < 4.78 is 0. The van der Waals surface area contributed by atoms with E-state index in [4.69, 9.17) is 10.8 Å². The Kier molecular flexibility index (Phi) is 2.77. The van der Waals surface area contributed by atoms with E-state index in [1.807, 2.05) is 6.07 Å². The topological polar surface area (TPSA) is 83.6 Å². The van der Waals surface area contributed by atoms with Gasteiger partial charge in [0.1, 0.15) is 12.1 Å². The van der Waals surface area contributed by atoms with Gasteiger partial charge in [0.15, 0.2) is 0 Å². The third-order valence-electron chi connectivity index (χ3n) is 2.68. The molecule has 1 heterocycles. The van der Waals surface area contributed by atoms with Crippen molar-refractivity contribution >= 4 is 17.3 Å². The summed E-state index contributed by atoms with van der Waals surface area (Å²) in [6.07, 6.45) is 2.14. The molecular weight excluding hydrogens is 214 g/mol. The molecule has 1 aliphatic rings. The number of carboxylic acids is 1. The van der Waals surface area contributed by atoms with E-state index in [1.54, 1.807) is 0 Å². The van der Waals surface area contributed by atoms with Gasteiger partial charge in [-0.15, -0.1) is 11.3 Å². The molecule has 4 nitrogen and oxygen atoms in total. The zero-order valence-corrected chi connectivity index (χ0v) is 8.96. The summed E-state index contributed by atoms with van der Waals surface area (Å²) in [6, 6.07) is 0.657. The van der Waals surface area contributed by atoms with Crippen LogP contribution in [0.2, 0.25) is 0 Å². The number of rotatable bonds is 3. The first-order valence-electron chi connectivity index (χ1n) is 4.87. The summed E-state index contributed by atoms with van der Waals surface area (Å²) in [5.74, 6) is -1.17. The van der Waals surface area contributed by atoms with Crippen LogP contribution in [0.3, 0.4) is 0 Å². The number of carbonyl (C=O) groups is 1. The van der Waals surface area contributed by atoms with E-state index >= 15 is 0 Å². The van der Waals surface area contributed by atoms with Crippen molar-refractivity contribution < 1.29 is 15.0 Å². The van der Waals surface area contributed by atoms with E-state index in [1.165, 1.54) is 21.8 Å². The van der Waals surface area contributed by atoms with Crippen molar-refractivity contribution in [2.24, 2.45) is 5.73 Å². The van der Waals surface area contributed by atoms with Crippen molar-refractivity contribution in [3.63, 3.8) is 0 Å². The second-order valence-electron chi connectivity index (χ2n) is 3.76. The van der Waals surface area contributed by atoms with Crippen molar-refractivity contribution in [3.05, 3.63) is 21.4 Å². The molecule has 15 heavy (non-hydrogen) atoms. The van der Waals surface area contributed by atoms with Crippen LogP contribution in [0.25, 0.3) is 0 Å². The number of fused-ring (bicyclic) bond motifs is 1. The zero-order chi connectivity index (χ0) is 11.0. The molecule has 1 aromatic rings. The van der Waals surface area contributed by atoms with E-state index in [-0.39, 0.29) is 0 Å². The number of aliphatic hydroxyl groups is 1. The van der Waals surface area contributed by atoms with Crippen LogP contribution in [-0.2, 0) is 17.6 Å². The number of nitrogens with two attached hydrogens (primary N) is 1. The van der Waals surface area contributed by atoms with Gasteiger partial charge in [0.2, 0.25) is 0 Å². The van der Waals surface area contributed by atoms with Crippen molar-refractivity contribution in [2.75, 3.05) is 0 Å². The maximum absolute atomic E-state index is 10.6. The first kappa shape index (κ1) is 10.6. The first-order valence-corrected chi connectivity index (χ1v) is 5.69. The van der Waals surface area contributed by atoms with Gasteiger partial charge in [0, 0.05) is 9.75 Å². The molecule has 5 heteroatoms. The molecule has 0 saturated carbocycles. The highest BCUT2D eigenvalue weighted by atomic mass is 32.1. The van der Waals surface area contributed by atoms with Crippen LogP contribution in [0.5, 0.6) is 0 Å². The molecule has 1 aliphatic carbocycles. The Hall–Kier alpha value is -0.910. The molecule has 2 unspecified atom stereocenters. The molecule has 0 spiro atoms. The lowest BCUT2D eigenvalue weighted by Crippen LogP contribution is -2.36. The summed E-state index contributed by atoms with van der Waals surface area (Å²) in [5.41, 5.74) is 6.61. The highest BCUT2D eigenvalue weighted by Gasteiger charge is 2.27. The lowest BCUT2D eigenvalue weighted by molar-refractivity contribution is -0.141. The van der Waals surface area contributed by atoms with Gasteiger partial charge in [-0.2, -0.15) is 0 Å². The van der Waals surface area contributed by atoms with Gasteiger partial charge in [-0.05, 0) is 30.9 Å². The molecular formula is C10H13NO3S. The van der Waals surface area contributed by atoms with Gasteiger partial charge in [0.05, 0.1) is 0 Å². The number of aliphatic hydroxyl groups excluding tert-OH is 1. The minimum absolute atomic E-state index is 0.676. The SMILES string of the molecule is NC(C(=O)O)C(O)c1cc2c(s1)CCC2. The Bertz CT molecular complexity index is 367. The van der Waals surface area contributed by atoms with E-state index < -0.39 is 18.1 Å². The van der Waals surface area contributed by atoms with Gasteiger partial charge in [0.25, 0.3) is 0 Å². The van der Waals surface area contributed by atoms with Crippen LogP contribution in [-0.4, -0.2) is 22.2 Å². The summed E-state index contributed by atoms with van der Waals surface area (Å²) in [4.78, 5) is 12.5. The third-order valence-corrected chi connectivity index (χ3v) is 3.99. The lowest BCUT2D eigenvalue weighted by atomic mass is 10.1.